The van der Waals surface area contributed by atoms with Gasteiger partial charge in [0.1, 0.15) is 0 Å². The van der Waals surface area contributed by atoms with Crippen LogP contribution in [0.3, 0.4) is 0 Å². The zero-order valence-corrected chi connectivity index (χ0v) is 6.96. The molecule has 8 heteroatoms. The normalized spacial score (nSPS) is 18.4. The maximum absolute atomic E-state index is 10.4. The lowest BCUT2D eigenvalue weighted by Crippen LogP contribution is -1.89. The van der Waals surface area contributed by atoms with Crippen LogP contribution in [0.15, 0.2) is 0 Å². The van der Waals surface area contributed by atoms with Gasteiger partial charge in [-0.3, -0.25) is 4.57 Å². The van der Waals surface area contributed by atoms with Crippen molar-refractivity contribution >= 4 is 15.4 Å². The lowest BCUT2D eigenvalue weighted by molar-refractivity contribution is 0.264. The van der Waals surface area contributed by atoms with E-state index in [4.69, 9.17) is 14.7 Å². The van der Waals surface area contributed by atoms with E-state index in [1.165, 1.54) is 6.92 Å². The van der Waals surface area contributed by atoms with E-state index in [2.05, 4.69) is 4.31 Å². The van der Waals surface area contributed by atoms with E-state index in [9.17, 15) is 9.13 Å². The fourth-order valence-electron chi connectivity index (χ4n) is 0.224. The van der Waals surface area contributed by atoms with Gasteiger partial charge in [-0.1, -0.05) is 6.92 Å². The summed E-state index contributed by atoms with van der Waals surface area (Å²) in [5.74, 6) is 0. The average molecular weight is 190 g/mol. The fourth-order valence-corrected chi connectivity index (χ4v) is 2.02. The highest BCUT2D eigenvalue weighted by Gasteiger charge is 2.28. The Morgan fingerprint density at radius 3 is 1.80 bits per heavy atom. The van der Waals surface area contributed by atoms with Crippen molar-refractivity contribution in [2.75, 3.05) is 6.16 Å². The van der Waals surface area contributed by atoms with Gasteiger partial charge in [-0.25, -0.2) is 8.88 Å². The van der Waals surface area contributed by atoms with Crippen LogP contribution in [-0.2, 0) is 13.4 Å². The molecular weight excluding hydrogens is 182 g/mol. The lowest BCUT2D eigenvalue weighted by atomic mass is 11.0. The molecule has 6 nitrogen and oxygen atoms in total. The van der Waals surface area contributed by atoms with Gasteiger partial charge in [0.05, 0.1) is 0 Å². The minimum absolute atomic E-state index is 0.321. The van der Waals surface area contributed by atoms with Crippen LogP contribution in [0.5, 0.6) is 0 Å². The molecule has 0 aliphatic heterocycles. The highest BCUT2D eigenvalue weighted by atomic mass is 31.3. The highest BCUT2D eigenvalue weighted by molar-refractivity contribution is 7.63. The first-order valence-electron chi connectivity index (χ1n) is 2.35. The summed E-state index contributed by atoms with van der Waals surface area (Å²) in [5.41, 5.74) is 0. The SMILES string of the molecule is CC[P@](=O)(O)OP(=O)(O)O. The molecule has 0 aromatic heterocycles. The van der Waals surface area contributed by atoms with Crippen molar-refractivity contribution in [3.05, 3.63) is 0 Å². The number of rotatable bonds is 3. The minimum atomic E-state index is -4.82. The molecule has 1 atom stereocenters. The smallest absolute Gasteiger partial charge is 0.324 e. The molecule has 10 heavy (non-hydrogen) atoms. The molecule has 0 spiro atoms. The first-order chi connectivity index (χ1) is 4.27. The molecule has 0 saturated carbocycles. The summed E-state index contributed by atoms with van der Waals surface area (Å²) < 4.78 is 23.9. The monoisotopic (exact) mass is 190 g/mol. The van der Waals surface area contributed by atoms with Gasteiger partial charge in [0, 0.05) is 6.16 Å². The van der Waals surface area contributed by atoms with Gasteiger partial charge in [0.2, 0.25) is 0 Å². The van der Waals surface area contributed by atoms with Crippen LogP contribution < -0.4 is 0 Å². The van der Waals surface area contributed by atoms with Crippen LogP contribution in [0.1, 0.15) is 6.92 Å². The molecule has 0 heterocycles. The van der Waals surface area contributed by atoms with Crippen molar-refractivity contribution in [1.82, 2.24) is 0 Å². The second kappa shape index (κ2) is 3.13. The van der Waals surface area contributed by atoms with Crippen molar-refractivity contribution in [1.29, 1.82) is 0 Å². The number of phosphoric acid groups is 1. The van der Waals surface area contributed by atoms with E-state index >= 15 is 0 Å². The molecule has 3 N–H and O–H groups in total. The zero-order chi connectivity index (χ0) is 8.41. The first-order valence-corrected chi connectivity index (χ1v) is 5.65. The van der Waals surface area contributed by atoms with E-state index in [-0.39, 0.29) is 6.16 Å². The van der Waals surface area contributed by atoms with Gasteiger partial charge in [-0.2, -0.15) is 0 Å². The molecule has 0 saturated heterocycles. The maximum Gasteiger partial charge on any atom is 0.476 e. The van der Waals surface area contributed by atoms with E-state index < -0.39 is 15.4 Å². The molecule has 0 aromatic carbocycles. The summed E-state index contributed by atoms with van der Waals surface area (Å²) in [6.45, 7) is 1.29. The zero-order valence-electron chi connectivity index (χ0n) is 5.17. The van der Waals surface area contributed by atoms with Crippen LogP contribution >= 0.6 is 15.4 Å². The van der Waals surface area contributed by atoms with Gasteiger partial charge in [-0.15, -0.1) is 0 Å². The van der Waals surface area contributed by atoms with Crippen LogP contribution in [0.4, 0.5) is 0 Å². The Bertz CT molecular complexity index is 192. The standard InChI is InChI=1S/C2H8O6P2/c1-2-9(3,4)8-10(5,6)7/h2H2,1H3,(H,3,4)(H2,5,6,7). The van der Waals surface area contributed by atoms with E-state index in [1.54, 1.807) is 0 Å². The maximum atomic E-state index is 10.4. The van der Waals surface area contributed by atoms with Crippen LogP contribution in [0.25, 0.3) is 0 Å². The second-order valence-electron chi connectivity index (χ2n) is 1.53. The fraction of sp³-hybridized carbons (Fsp3) is 1.00. The third-order valence-electron chi connectivity index (χ3n) is 0.634. The van der Waals surface area contributed by atoms with E-state index in [0.29, 0.717) is 0 Å². The van der Waals surface area contributed by atoms with Crippen LogP contribution in [0.2, 0.25) is 0 Å². The molecule has 0 radical (unpaired) electrons. The number of hydrogen-bond acceptors (Lipinski definition) is 3. The van der Waals surface area contributed by atoms with Crippen molar-refractivity contribution in [3.8, 4) is 0 Å². The number of hydrogen-bond donors (Lipinski definition) is 3. The van der Waals surface area contributed by atoms with Crippen molar-refractivity contribution in [2.45, 2.75) is 6.92 Å². The Labute approximate surface area is 57.6 Å². The molecule has 0 rings (SSSR count). The molecule has 0 unspecified atom stereocenters. The molecular formula is C2H8O6P2. The van der Waals surface area contributed by atoms with Crippen molar-refractivity contribution < 1.29 is 28.1 Å². The molecule has 0 fully saturated rings. The molecule has 0 aliphatic carbocycles. The predicted molar refractivity (Wildman–Crippen MR) is 33.5 cm³/mol. The van der Waals surface area contributed by atoms with Gasteiger partial charge in [0.15, 0.2) is 0 Å². The predicted octanol–water partition coefficient (Wildman–Crippen LogP) is 0.301. The van der Waals surface area contributed by atoms with Gasteiger partial charge in [0.25, 0.3) is 0 Å². The van der Waals surface area contributed by atoms with Gasteiger partial charge < -0.3 is 14.7 Å². The Balaban J connectivity index is 4.17. The van der Waals surface area contributed by atoms with Crippen LogP contribution in [0, 0.1) is 0 Å². The lowest BCUT2D eigenvalue weighted by Gasteiger charge is -2.08. The van der Waals surface area contributed by atoms with Crippen LogP contribution in [-0.4, -0.2) is 20.8 Å². The first kappa shape index (κ1) is 10.3. The van der Waals surface area contributed by atoms with E-state index in [0.717, 1.165) is 0 Å². The topological polar surface area (TPSA) is 104 Å². The Kier molecular flexibility index (Phi) is 3.23. The van der Waals surface area contributed by atoms with Crippen molar-refractivity contribution in [2.24, 2.45) is 0 Å². The Hall–Kier alpha value is 0.300. The summed E-state index contributed by atoms with van der Waals surface area (Å²) in [6.07, 6.45) is -0.321. The van der Waals surface area contributed by atoms with Gasteiger partial charge >= 0.3 is 15.4 Å². The third kappa shape index (κ3) is 5.11. The highest BCUT2D eigenvalue weighted by Crippen LogP contribution is 2.56. The summed E-state index contributed by atoms with van der Waals surface area (Å²) in [4.78, 5) is 24.6. The molecule has 0 bridgehead atoms. The van der Waals surface area contributed by atoms with Crippen molar-refractivity contribution in [3.63, 3.8) is 0 Å². The molecule has 0 aliphatic rings. The third-order valence-corrected chi connectivity index (χ3v) is 3.30. The molecule has 0 aromatic rings. The largest absolute Gasteiger partial charge is 0.476 e. The molecule has 62 valence electrons. The average Bonchev–Trinajstić information content (AvgIpc) is 1.60. The Morgan fingerprint density at radius 2 is 1.70 bits per heavy atom. The molecule has 0 amide bonds. The summed E-state index contributed by atoms with van der Waals surface area (Å²) in [5, 5.41) is 0. The second-order valence-corrected chi connectivity index (χ2v) is 5.07. The quantitative estimate of drug-likeness (QED) is 0.553. The minimum Gasteiger partial charge on any atom is -0.324 e. The summed E-state index contributed by atoms with van der Waals surface area (Å²) >= 11 is 0. The van der Waals surface area contributed by atoms with Gasteiger partial charge in [-0.05, 0) is 0 Å². The summed E-state index contributed by atoms with van der Waals surface area (Å²) in [7, 11) is -8.87. The summed E-state index contributed by atoms with van der Waals surface area (Å²) in [6, 6.07) is 0. The van der Waals surface area contributed by atoms with E-state index in [1.807, 2.05) is 0 Å². The Morgan fingerprint density at radius 1 is 1.30 bits per heavy atom.